The summed E-state index contributed by atoms with van der Waals surface area (Å²) in [6, 6.07) is 5.87. The van der Waals surface area contributed by atoms with Gasteiger partial charge in [0.25, 0.3) is 0 Å². The fraction of sp³-hybridized carbons (Fsp3) is 0.538. The second-order valence-electron chi connectivity index (χ2n) is 4.43. The second-order valence-corrected chi connectivity index (χ2v) is 5.70. The molecule has 2 nitrogen and oxygen atoms in total. The highest BCUT2D eigenvalue weighted by molar-refractivity contribution is 9.10. The second kappa shape index (κ2) is 6.19. The van der Waals surface area contributed by atoms with E-state index < -0.39 is 0 Å². The molecule has 0 aromatic heterocycles. The van der Waals surface area contributed by atoms with Crippen molar-refractivity contribution >= 4 is 27.5 Å². The SMILES string of the molecule is CCNC(c1c(Cl)cccc1Br)C(C)(C)OC. The molecular weight excluding hydrogens is 302 g/mol. The lowest BCUT2D eigenvalue weighted by Gasteiger charge is -2.35. The van der Waals surface area contributed by atoms with Crippen LogP contribution in [0.15, 0.2) is 22.7 Å². The van der Waals surface area contributed by atoms with Crippen LogP contribution >= 0.6 is 27.5 Å². The molecule has 17 heavy (non-hydrogen) atoms. The van der Waals surface area contributed by atoms with Gasteiger partial charge in [0.2, 0.25) is 0 Å². The van der Waals surface area contributed by atoms with E-state index >= 15 is 0 Å². The zero-order valence-electron chi connectivity index (χ0n) is 10.7. The van der Waals surface area contributed by atoms with Crippen LogP contribution in [-0.2, 0) is 4.74 Å². The predicted octanol–water partition coefficient (Wildman–Crippen LogP) is 4.18. The van der Waals surface area contributed by atoms with Crippen LogP contribution in [0, 0.1) is 0 Å². The van der Waals surface area contributed by atoms with Crippen molar-refractivity contribution in [1.29, 1.82) is 0 Å². The minimum atomic E-state index is -0.330. The summed E-state index contributed by atoms with van der Waals surface area (Å²) in [6.45, 7) is 7.03. The molecule has 1 aromatic carbocycles. The highest BCUT2D eigenvalue weighted by Crippen LogP contribution is 2.37. The Hall–Kier alpha value is -0.0900. The van der Waals surface area contributed by atoms with Crippen LogP contribution in [0.25, 0.3) is 0 Å². The van der Waals surface area contributed by atoms with Gasteiger partial charge in [-0.15, -0.1) is 0 Å². The van der Waals surface area contributed by atoms with E-state index in [0.717, 1.165) is 21.6 Å². The lowest BCUT2D eigenvalue weighted by atomic mass is 9.91. The Morgan fingerprint density at radius 1 is 1.47 bits per heavy atom. The first-order valence-electron chi connectivity index (χ1n) is 5.66. The van der Waals surface area contributed by atoms with E-state index in [2.05, 4.69) is 42.0 Å². The van der Waals surface area contributed by atoms with Crippen LogP contribution in [0.2, 0.25) is 5.02 Å². The zero-order valence-corrected chi connectivity index (χ0v) is 13.0. The maximum absolute atomic E-state index is 6.30. The molecule has 0 bridgehead atoms. The molecular formula is C13H19BrClNO. The average molecular weight is 321 g/mol. The lowest BCUT2D eigenvalue weighted by Crippen LogP contribution is -2.41. The van der Waals surface area contributed by atoms with Gasteiger partial charge in [0.15, 0.2) is 0 Å². The van der Waals surface area contributed by atoms with E-state index in [1.54, 1.807) is 7.11 Å². The smallest absolute Gasteiger partial charge is 0.0817 e. The molecule has 0 aliphatic heterocycles. The van der Waals surface area contributed by atoms with Crippen LogP contribution in [0.4, 0.5) is 0 Å². The number of benzene rings is 1. The van der Waals surface area contributed by atoms with E-state index in [9.17, 15) is 0 Å². The minimum Gasteiger partial charge on any atom is -0.377 e. The Kier molecular flexibility index (Phi) is 5.45. The molecule has 0 radical (unpaired) electrons. The summed E-state index contributed by atoms with van der Waals surface area (Å²) in [4.78, 5) is 0. The van der Waals surface area contributed by atoms with Crippen molar-refractivity contribution in [2.45, 2.75) is 32.4 Å². The first kappa shape index (κ1) is 15.0. The molecule has 0 saturated heterocycles. The highest BCUT2D eigenvalue weighted by atomic mass is 79.9. The number of likely N-dealkylation sites (N-methyl/N-ethyl adjacent to an activating group) is 1. The molecule has 1 unspecified atom stereocenters. The number of nitrogens with one attached hydrogen (secondary N) is 1. The largest absolute Gasteiger partial charge is 0.377 e. The van der Waals surface area contributed by atoms with E-state index in [-0.39, 0.29) is 11.6 Å². The molecule has 0 spiro atoms. The summed E-state index contributed by atoms with van der Waals surface area (Å²) < 4.78 is 6.58. The van der Waals surface area contributed by atoms with E-state index in [1.807, 2.05) is 18.2 Å². The molecule has 1 rings (SSSR count). The molecule has 1 atom stereocenters. The summed E-state index contributed by atoms with van der Waals surface area (Å²) in [5.74, 6) is 0. The fourth-order valence-electron chi connectivity index (χ4n) is 1.80. The lowest BCUT2D eigenvalue weighted by molar-refractivity contribution is -0.0108. The monoisotopic (exact) mass is 319 g/mol. The third kappa shape index (κ3) is 3.44. The maximum atomic E-state index is 6.30. The van der Waals surface area contributed by atoms with Gasteiger partial charge in [0.05, 0.1) is 11.6 Å². The Bertz CT molecular complexity index is 361. The van der Waals surface area contributed by atoms with Gasteiger partial charge in [0, 0.05) is 22.2 Å². The molecule has 0 fully saturated rings. The summed E-state index contributed by atoms with van der Waals surface area (Å²) in [5.41, 5.74) is 0.714. The summed E-state index contributed by atoms with van der Waals surface area (Å²) in [5, 5.41) is 4.18. The number of ether oxygens (including phenoxy) is 1. The fourth-order valence-corrected chi connectivity index (χ4v) is 2.80. The van der Waals surface area contributed by atoms with Crippen molar-refractivity contribution in [1.82, 2.24) is 5.32 Å². The summed E-state index contributed by atoms with van der Waals surface area (Å²) >= 11 is 9.86. The first-order chi connectivity index (χ1) is 7.94. The van der Waals surface area contributed by atoms with Gasteiger partial charge < -0.3 is 10.1 Å². The van der Waals surface area contributed by atoms with Gasteiger partial charge in [-0.3, -0.25) is 0 Å². The summed E-state index contributed by atoms with van der Waals surface area (Å²) in [6.07, 6.45) is 0. The maximum Gasteiger partial charge on any atom is 0.0817 e. The third-order valence-electron chi connectivity index (χ3n) is 2.92. The Morgan fingerprint density at radius 2 is 2.12 bits per heavy atom. The molecule has 1 N–H and O–H groups in total. The molecule has 0 saturated carbocycles. The van der Waals surface area contributed by atoms with Gasteiger partial charge in [-0.2, -0.15) is 0 Å². The van der Waals surface area contributed by atoms with Crippen LogP contribution in [0.3, 0.4) is 0 Å². The summed E-state index contributed by atoms with van der Waals surface area (Å²) in [7, 11) is 1.72. The molecule has 0 aliphatic carbocycles. The van der Waals surface area contributed by atoms with E-state index in [4.69, 9.17) is 16.3 Å². The molecule has 4 heteroatoms. The number of methoxy groups -OCH3 is 1. The minimum absolute atomic E-state index is 0.0422. The van der Waals surface area contributed by atoms with Crippen LogP contribution in [0.1, 0.15) is 32.4 Å². The topological polar surface area (TPSA) is 21.3 Å². The predicted molar refractivity (Wildman–Crippen MR) is 76.7 cm³/mol. The number of rotatable bonds is 5. The Labute approximate surface area is 117 Å². The number of halogens is 2. The molecule has 0 heterocycles. The van der Waals surface area contributed by atoms with Crippen LogP contribution in [0.5, 0.6) is 0 Å². The average Bonchev–Trinajstić information content (AvgIpc) is 2.27. The third-order valence-corrected chi connectivity index (χ3v) is 3.94. The van der Waals surface area contributed by atoms with E-state index in [0.29, 0.717) is 0 Å². The normalized spacial score (nSPS) is 13.8. The van der Waals surface area contributed by atoms with Crippen LogP contribution in [-0.4, -0.2) is 19.3 Å². The highest BCUT2D eigenvalue weighted by Gasteiger charge is 2.32. The van der Waals surface area contributed by atoms with Crippen molar-refractivity contribution in [3.63, 3.8) is 0 Å². The van der Waals surface area contributed by atoms with Crippen molar-refractivity contribution in [3.8, 4) is 0 Å². The van der Waals surface area contributed by atoms with Crippen molar-refractivity contribution < 1.29 is 4.74 Å². The quantitative estimate of drug-likeness (QED) is 0.879. The van der Waals surface area contributed by atoms with E-state index in [1.165, 1.54) is 0 Å². The number of hydrogen-bond donors (Lipinski definition) is 1. The van der Waals surface area contributed by atoms with Gasteiger partial charge in [-0.05, 0) is 32.5 Å². The first-order valence-corrected chi connectivity index (χ1v) is 6.83. The Morgan fingerprint density at radius 3 is 2.59 bits per heavy atom. The van der Waals surface area contributed by atoms with Crippen molar-refractivity contribution in [2.24, 2.45) is 0 Å². The van der Waals surface area contributed by atoms with Gasteiger partial charge in [-0.1, -0.05) is 40.5 Å². The molecule has 96 valence electrons. The molecule has 0 amide bonds. The number of hydrogen-bond acceptors (Lipinski definition) is 2. The molecule has 0 aliphatic rings. The van der Waals surface area contributed by atoms with Crippen molar-refractivity contribution in [2.75, 3.05) is 13.7 Å². The standard InChI is InChI=1S/C13H19BrClNO/c1-5-16-12(13(2,3)17-4)11-9(14)7-6-8-10(11)15/h6-8,12,16H,5H2,1-4H3. The Balaban J connectivity index is 3.23. The van der Waals surface area contributed by atoms with Crippen LogP contribution < -0.4 is 5.32 Å². The van der Waals surface area contributed by atoms with Gasteiger partial charge in [-0.25, -0.2) is 0 Å². The molecule has 1 aromatic rings. The zero-order chi connectivity index (χ0) is 13.1. The van der Waals surface area contributed by atoms with Gasteiger partial charge >= 0.3 is 0 Å². The van der Waals surface area contributed by atoms with Gasteiger partial charge in [0.1, 0.15) is 0 Å². The van der Waals surface area contributed by atoms with Crippen molar-refractivity contribution in [3.05, 3.63) is 33.3 Å².